The maximum Gasteiger partial charge on any atom is 0.137 e. The SMILES string of the molecule is CN(C)c1ccc(-c2cnc(NCCCN)c3c(F)cc(F)cc23)cc1. The van der Waals surface area contributed by atoms with Gasteiger partial charge in [-0.05, 0) is 36.7 Å². The van der Waals surface area contributed by atoms with Gasteiger partial charge in [0.1, 0.15) is 17.5 Å². The summed E-state index contributed by atoms with van der Waals surface area (Å²) in [7, 11) is 3.91. The summed E-state index contributed by atoms with van der Waals surface area (Å²) < 4.78 is 28.4. The molecule has 1 aromatic heterocycles. The van der Waals surface area contributed by atoms with Gasteiger partial charge >= 0.3 is 0 Å². The van der Waals surface area contributed by atoms with Gasteiger partial charge in [-0.15, -0.1) is 0 Å². The molecule has 0 bridgehead atoms. The molecule has 2 aromatic carbocycles. The number of aromatic nitrogens is 1. The van der Waals surface area contributed by atoms with Crippen molar-refractivity contribution in [2.24, 2.45) is 5.73 Å². The number of pyridine rings is 1. The van der Waals surface area contributed by atoms with Gasteiger partial charge in [0.25, 0.3) is 0 Å². The number of hydrogen-bond acceptors (Lipinski definition) is 4. The zero-order valence-electron chi connectivity index (χ0n) is 14.9. The molecule has 1 heterocycles. The van der Waals surface area contributed by atoms with Gasteiger partial charge < -0.3 is 16.0 Å². The van der Waals surface area contributed by atoms with E-state index in [4.69, 9.17) is 5.73 Å². The summed E-state index contributed by atoms with van der Waals surface area (Å²) in [6, 6.07) is 10.0. The number of hydrogen-bond donors (Lipinski definition) is 2. The Labute approximate surface area is 151 Å². The second-order valence-corrected chi connectivity index (χ2v) is 6.34. The fourth-order valence-electron chi connectivity index (χ4n) is 2.90. The van der Waals surface area contributed by atoms with Crippen LogP contribution in [-0.2, 0) is 0 Å². The molecule has 0 amide bonds. The summed E-state index contributed by atoms with van der Waals surface area (Å²) in [4.78, 5) is 6.37. The first-order chi connectivity index (χ1) is 12.5. The number of nitrogens with two attached hydrogens (primary N) is 1. The Kier molecular flexibility index (Phi) is 5.32. The van der Waals surface area contributed by atoms with E-state index in [0.29, 0.717) is 29.9 Å². The number of nitrogens with one attached hydrogen (secondary N) is 1. The fourth-order valence-corrected chi connectivity index (χ4v) is 2.90. The quantitative estimate of drug-likeness (QED) is 0.656. The van der Waals surface area contributed by atoms with Gasteiger partial charge in [-0.1, -0.05) is 12.1 Å². The maximum absolute atomic E-state index is 14.5. The van der Waals surface area contributed by atoms with E-state index in [1.807, 2.05) is 43.3 Å². The van der Waals surface area contributed by atoms with Gasteiger partial charge in [-0.3, -0.25) is 0 Å². The van der Waals surface area contributed by atoms with Crippen molar-refractivity contribution in [3.63, 3.8) is 0 Å². The number of halogens is 2. The van der Waals surface area contributed by atoms with Crippen LogP contribution < -0.4 is 16.0 Å². The minimum absolute atomic E-state index is 0.289. The lowest BCUT2D eigenvalue weighted by Gasteiger charge is -2.15. The lowest BCUT2D eigenvalue weighted by molar-refractivity contribution is 0.592. The van der Waals surface area contributed by atoms with E-state index in [0.717, 1.165) is 23.7 Å². The second kappa shape index (κ2) is 7.66. The molecule has 0 unspecified atom stereocenters. The lowest BCUT2D eigenvalue weighted by atomic mass is 9.99. The molecule has 0 aliphatic heterocycles. The van der Waals surface area contributed by atoms with Crippen molar-refractivity contribution in [1.29, 1.82) is 0 Å². The number of fused-ring (bicyclic) bond motifs is 1. The molecule has 3 rings (SSSR count). The Balaban J connectivity index is 2.13. The van der Waals surface area contributed by atoms with Gasteiger partial charge in [-0.25, -0.2) is 13.8 Å². The van der Waals surface area contributed by atoms with Crippen molar-refractivity contribution >= 4 is 22.3 Å². The summed E-state index contributed by atoms with van der Waals surface area (Å²) in [5.74, 6) is -0.839. The zero-order chi connectivity index (χ0) is 18.7. The van der Waals surface area contributed by atoms with Crippen LogP contribution in [0.25, 0.3) is 21.9 Å². The molecule has 3 aromatic rings. The zero-order valence-corrected chi connectivity index (χ0v) is 14.9. The van der Waals surface area contributed by atoms with Crippen LogP contribution in [0, 0.1) is 11.6 Å². The summed E-state index contributed by atoms with van der Waals surface area (Å²) in [5, 5.41) is 3.87. The Hall–Kier alpha value is -2.73. The van der Waals surface area contributed by atoms with E-state index >= 15 is 0 Å². The normalized spacial score (nSPS) is 11.0. The van der Waals surface area contributed by atoms with Crippen molar-refractivity contribution in [3.8, 4) is 11.1 Å². The van der Waals surface area contributed by atoms with Gasteiger partial charge in [-0.2, -0.15) is 0 Å². The Bertz CT molecular complexity index is 908. The summed E-state index contributed by atoms with van der Waals surface area (Å²) >= 11 is 0. The molecule has 0 radical (unpaired) electrons. The Morgan fingerprint density at radius 3 is 2.50 bits per heavy atom. The molecule has 0 saturated heterocycles. The highest BCUT2D eigenvalue weighted by molar-refractivity contribution is 6.02. The molecule has 6 heteroatoms. The van der Waals surface area contributed by atoms with Crippen molar-refractivity contribution < 1.29 is 8.78 Å². The van der Waals surface area contributed by atoms with E-state index in [2.05, 4.69) is 10.3 Å². The minimum atomic E-state index is -0.630. The number of nitrogens with zero attached hydrogens (tertiary/aromatic N) is 2. The lowest BCUT2D eigenvalue weighted by Crippen LogP contribution is -2.10. The van der Waals surface area contributed by atoms with Crippen LogP contribution >= 0.6 is 0 Å². The summed E-state index contributed by atoms with van der Waals surface area (Å²) in [5.41, 5.74) is 8.09. The summed E-state index contributed by atoms with van der Waals surface area (Å²) in [6.45, 7) is 1.10. The molecule has 26 heavy (non-hydrogen) atoms. The monoisotopic (exact) mass is 356 g/mol. The molecule has 0 atom stereocenters. The molecule has 136 valence electrons. The highest BCUT2D eigenvalue weighted by Gasteiger charge is 2.15. The van der Waals surface area contributed by atoms with E-state index in [9.17, 15) is 8.78 Å². The predicted octanol–water partition coefficient (Wildman–Crippen LogP) is 4.01. The first kappa shape index (κ1) is 18.1. The van der Waals surface area contributed by atoms with Crippen molar-refractivity contribution in [1.82, 2.24) is 4.98 Å². The molecule has 0 aliphatic rings. The standard InChI is InChI=1S/C20H22F2N4/c1-26(2)15-6-4-13(5-7-15)17-12-25-20(24-9-3-8-23)19-16(17)10-14(21)11-18(19)22/h4-7,10-12H,3,8-9,23H2,1-2H3,(H,24,25). The van der Waals surface area contributed by atoms with Crippen LogP contribution in [0.5, 0.6) is 0 Å². The third kappa shape index (κ3) is 3.60. The molecular weight excluding hydrogens is 334 g/mol. The molecule has 0 spiro atoms. The van der Waals surface area contributed by atoms with Crippen molar-refractivity contribution in [2.75, 3.05) is 37.4 Å². The second-order valence-electron chi connectivity index (χ2n) is 6.34. The van der Waals surface area contributed by atoms with Crippen molar-refractivity contribution in [3.05, 3.63) is 54.2 Å². The molecular formula is C20H22F2N4. The molecule has 0 fully saturated rings. The van der Waals surface area contributed by atoms with Crippen LogP contribution in [0.15, 0.2) is 42.6 Å². The fraction of sp³-hybridized carbons (Fsp3) is 0.250. The number of anilines is 2. The van der Waals surface area contributed by atoms with Crippen LogP contribution in [0.2, 0.25) is 0 Å². The van der Waals surface area contributed by atoms with E-state index in [1.54, 1.807) is 6.20 Å². The topological polar surface area (TPSA) is 54.2 Å². The average molecular weight is 356 g/mol. The smallest absolute Gasteiger partial charge is 0.137 e. The molecule has 0 aliphatic carbocycles. The third-order valence-corrected chi connectivity index (χ3v) is 4.27. The van der Waals surface area contributed by atoms with E-state index < -0.39 is 11.6 Å². The molecule has 0 saturated carbocycles. The third-order valence-electron chi connectivity index (χ3n) is 4.27. The van der Waals surface area contributed by atoms with Crippen LogP contribution in [-0.4, -0.2) is 32.2 Å². The predicted molar refractivity (Wildman–Crippen MR) is 104 cm³/mol. The average Bonchev–Trinajstić information content (AvgIpc) is 2.61. The van der Waals surface area contributed by atoms with Crippen LogP contribution in [0.4, 0.5) is 20.3 Å². The summed E-state index contributed by atoms with van der Waals surface area (Å²) in [6.07, 6.45) is 2.39. The number of benzene rings is 2. The van der Waals surface area contributed by atoms with Crippen molar-refractivity contribution in [2.45, 2.75) is 6.42 Å². The Morgan fingerprint density at radius 1 is 1.12 bits per heavy atom. The maximum atomic E-state index is 14.5. The number of rotatable bonds is 6. The first-order valence-electron chi connectivity index (χ1n) is 8.50. The minimum Gasteiger partial charge on any atom is -0.378 e. The molecule has 3 N–H and O–H groups in total. The van der Waals surface area contributed by atoms with E-state index in [1.165, 1.54) is 6.07 Å². The highest BCUT2D eigenvalue weighted by Crippen LogP contribution is 2.34. The molecule has 4 nitrogen and oxygen atoms in total. The van der Waals surface area contributed by atoms with Crippen LogP contribution in [0.3, 0.4) is 0 Å². The van der Waals surface area contributed by atoms with Gasteiger partial charge in [0.05, 0.1) is 5.39 Å². The van der Waals surface area contributed by atoms with Gasteiger partial charge in [0, 0.05) is 49.5 Å². The van der Waals surface area contributed by atoms with Gasteiger partial charge in [0.15, 0.2) is 0 Å². The first-order valence-corrected chi connectivity index (χ1v) is 8.50. The Morgan fingerprint density at radius 2 is 1.85 bits per heavy atom. The van der Waals surface area contributed by atoms with E-state index in [-0.39, 0.29) is 5.39 Å². The van der Waals surface area contributed by atoms with Gasteiger partial charge in [0.2, 0.25) is 0 Å². The highest BCUT2D eigenvalue weighted by atomic mass is 19.1. The largest absolute Gasteiger partial charge is 0.378 e. The van der Waals surface area contributed by atoms with Crippen LogP contribution in [0.1, 0.15) is 6.42 Å².